The van der Waals surface area contributed by atoms with Crippen molar-refractivity contribution in [3.8, 4) is 0 Å². The Morgan fingerprint density at radius 2 is 1.95 bits per heavy atom. The molecule has 0 aliphatic heterocycles. The molecule has 3 heteroatoms. The maximum Gasteiger partial charge on any atom is 0.0548 e. The van der Waals surface area contributed by atoms with E-state index < -0.39 is 0 Å². The Morgan fingerprint density at radius 3 is 2.60 bits per heavy atom. The van der Waals surface area contributed by atoms with Gasteiger partial charge in [0.05, 0.1) is 5.02 Å². The summed E-state index contributed by atoms with van der Waals surface area (Å²) in [4.78, 5) is 0. The van der Waals surface area contributed by atoms with Gasteiger partial charge in [-0.25, -0.2) is 0 Å². The van der Waals surface area contributed by atoms with Crippen LogP contribution in [0, 0.1) is 11.3 Å². The maximum atomic E-state index is 6.05. The SMILES string of the molecule is CC(C)(C)C1CCCCC1NCc1ccc(Cl)c(Br)c1. The summed E-state index contributed by atoms with van der Waals surface area (Å²) in [5, 5.41) is 4.55. The predicted molar refractivity (Wildman–Crippen MR) is 91.2 cm³/mol. The standard InChI is InChI=1S/C17H25BrClN/c1-17(2,3)13-6-4-5-7-16(13)20-11-12-8-9-15(19)14(18)10-12/h8-10,13,16,20H,4-7,11H2,1-3H3. The molecule has 0 aromatic heterocycles. The Bertz CT molecular complexity index is 453. The lowest BCUT2D eigenvalue weighted by molar-refractivity contribution is 0.130. The van der Waals surface area contributed by atoms with Gasteiger partial charge in [0.1, 0.15) is 0 Å². The van der Waals surface area contributed by atoms with E-state index in [1.165, 1.54) is 31.2 Å². The van der Waals surface area contributed by atoms with Crippen molar-refractivity contribution in [1.82, 2.24) is 5.32 Å². The van der Waals surface area contributed by atoms with Crippen LogP contribution in [0.2, 0.25) is 5.02 Å². The maximum absolute atomic E-state index is 6.05. The summed E-state index contributed by atoms with van der Waals surface area (Å²) in [6, 6.07) is 6.82. The fourth-order valence-corrected chi connectivity index (χ4v) is 3.85. The molecule has 1 aromatic rings. The fraction of sp³-hybridized carbons (Fsp3) is 0.647. The van der Waals surface area contributed by atoms with Crippen molar-refractivity contribution in [1.29, 1.82) is 0 Å². The lowest BCUT2D eigenvalue weighted by atomic mass is 9.69. The molecule has 2 atom stereocenters. The highest BCUT2D eigenvalue weighted by molar-refractivity contribution is 9.10. The van der Waals surface area contributed by atoms with E-state index in [0.717, 1.165) is 22.0 Å². The van der Waals surface area contributed by atoms with Gasteiger partial charge in [-0.2, -0.15) is 0 Å². The van der Waals surface area contributed by atoms with Gasteiger partial charge in [0.2, 0.25) is 0 Å². The van der Waals surface area contributed by atoms with Crippen LogP contribution in [0.25, 0.3) is 0 Å². The van der Waals surface area contributed by atoms with Gasteiger partial charge in [0, 0.05) is 17.1 Å². The van der Waals surface area contributed by atoms with Gasteiger partial charge in [-0.1, -0.05) is 51.3 Å². The third kappa shape index (κ3) is 4.22. The molecular weight excluding hydrogens is 334 g/mol. The number of hydrogen-bond donors (Lipinski definition) is 1. The Hall–Kier alpha value is -0.0500. The first-order chi connectivity index (χ1) is 9.38. The lowest BCUT2D eigenvalue weighted by Crippen LogP contribution is -2.43. The topological polar surface area (TPSA) is 12.0 Å². The van der Waals surface area contributed by atoms with E-state index in [2.05, 4.69) is 54.2 Å². The first kappa shape index (κ1) is 16.3. The average molecular weight is 359 g/mol. The van der Waals surface area contributed by atoms with Gasteiger partial charge >= 0.3 is 0 Å². The normalized spacial score (nSPS) is 23.9. The largest absolute Gasteiger partial charge is 0.310 e. The minimum atomic E-state index is 0.388. The number of halogens is 2. The Labute approximate surface area is 136 Å². The third-order valence-corrected chi connectivity index (χ3v) is 5.64. The van der Waals surface area contributed by atoms with Gasteiger partial charge in [-0.3, -0.25) is 0 Å². The minimum absolute atomic E-state index is 0.388. The first-order valence-electron chi connectivity index (χ1n) is 7.55. The minimum Gasteiger partial charge on any atom is -0.310 e. The monoisotopic (exact) mass is 357 g/mol. The summed E-state index contributed by atoms with van der Waals surface area (Å²) in [6.07, 6.45) is 5.39. The molecule has 2 rings (SSSR count). The number of rotatable bonds is 3. The Morgan fingerprint density at radius 1 is 1.25 bits per heavy atom. The molecule has 112 valence electrons. The molecule has 0 heterocycles. The molecule has 0 saturated heterocycles. The summed E-state index contributed by atoms with van der Waals surface area (Å²) in [7, 11) is 0. The van der Waals surface area contributed by atoms with E-state index in [9.17, 15) is 0 Å². The molecule has 0 amide bonds. The van der Waals surface area contributed by atoms with E-state index in [4.69, 9.17) is 11.6 Å². The fourth-order valence-electron chi connectivity index (χ4n) is 3.31. The Balaban J connectivity index is 1.99. The zero-order valence-corrected chi connectivity index (χ0v) is 15.0. The molecule has 1 fully saturated rings. The molecule has 1 nitrogen and oxygen atoms in total. The van der Waals surface area contributed by atoms with Crippen LogP contribution in [0.1, 0.15) is 52.0 Å². The molecule has 0 bridgehead atoms. The first-order valence-corrected chi connectivity index (χ1v) is 8.72. The number of nitrogens with one attached hydrogen (secondary N) is 1. The summed E-state index contributed by atoms with van der Waals surface area (Å²) in [5.41, 5.74) is 1.68. The van der Waals surface area contributed by atoms with Gasteiger partial charge in [0.15, 0.2) is 0 Å². The highest BCUT2D eigenvalue weighted by Gasteiger charge is 2.33. The van der Waals surface area contributed by atoms with Gasteiger partial charge < -0.3 is 5.32 Å². The van der Waals surface area contributed by atoms with Crippen LogP contribution in [0.5, 0.6) is 0 Å². The van der Waals surface area contributed by atoms with Crippen LogP contribution in [0.4, 0.5) is 0 Å². The second-order valence-corrected chi connectivity index (χ2v) is 8.25. The smallest absolute Gasteiger partial charge is 0.0548 e. The molecule has 1 aromatic carbocycles. The van der Waals surface area contributed by atoms with Crippen LogP contribution in [-0.4, -0.2) is 6.04 Å². The molecule has 1 saturated carbocycles. The second kappa shape index (κ2) is 6.81. The van der Waals surface area contributed by atoms with Crippen LogP contribution < -0.4 is 5.32 Å². The van der Waals surface area contributed by atoms with Crippen LogP contribution in [0.3, 0.4) is 0 Å². The van der Waals surface area contributed by atoms with Gasteiger partial charge in [-0.15, -0.1) is 0 Å². The lowest BCUT2D eigenvalue weighted by Gasteiger charge is -2.41. The van der Waals surface area contributed by atoms with E-state index in [1.54, 1.807) is 0 Å². The molecule has 1 N–H and O–H groups in total. The molecule has 0 radical (unpaired) electrons. The van der Waals surface area contributed by atoms with Crippen molar-refractivity contribution in [2.24, 2.45) is 11.3 Å². The predicted octanol–water partition coefficient (Wildman–Crippen LogP) is 5.80. The van der Waals surface area contributed by atoms with E-state index in [-0.39, 0.29) is 0 Å². The highest BCUT2D eigenvalue weighted by Crippen LogP contribution is 2.38. The van der Waals surface area contributed by atoms with Crippen molar-refractivity contribution in [2.75, 3.05) is 0 Å². The molecular formula is C17H25BrClN. The van der Waals surface area contributed by atoms with Crippen molar-refractivity contribution >= 4 is 27.5 Å². The van der Waals surface area contributed by atoms with Crippen LogP contribution >= 0.6 is 27.5 Å². The van der Waals surface area contributed by atoms with E-state index in [0.29, 0.717) is 11.5 Å². The molecule has 2 unspecified atom stereocenters. The quantitative estimate of drug-likeness (QED) is 0.720. The molecule has 20 heavy (non-hydrogen) atoms. The van der Waals surface area contributed by atoms with Crippen molar-refractivity contribution in [2.45, 2.75) is 59.0 Å². The summed E-state index contributed by atoms with van der Waals surface area (Å²) >= 11 is 9.54. The number of hydrogen-bond acceptors (Lipinski definition) is 1. The van der Waals surface area contributed by atoms with Crippen molar-refractivity contribution < 1.29 is 0 Å². The van der Waals surface area contributed by atoms with Crippen molar-refractivity contribution in [3.63, 3.8) is 0 Å². The second-order valence-electron chi connectivity index (χ2n) is 6.99. The van der Waals surface area contributed by atoms with Crippen LogP contribution in [-0.2, 0) is 6.54 Å². The van der Waals surface area contributed by atoms with E-state index >= 15 is 0 Å². The number of benzene rings is 1. The van der Waals surface area contributed by atoms with Gasteiger partial charge in [0.25, 0.3) is 0 Å². The zero-order valence-electron chi connectivity index (χ0n) is 12.7. The zero-order chi connectivity index (χ0) is 14.8. The highest BCUT2D eigenvalue weighted by atomic mass is 79.9. The summed E-state index contributed by atoms with van der Waals surface area (Å²) in [5.74, 6) is 0.770. The summed E-state index contributed by atoms with van der Waals surface area (Å²) < 4.78 is 0.981. The van der Waals surface area contributed by atoms with Crippen molar-refractivity contribution in [3.05, 3.63) is 33.3 Å². The third-order valence-electron chi connectivity index (χ3n) is 4.43. The average Bonchev–Trinajstić information content (AvgIpc) is 2.39. The summed E-state index contributed by atoms with van der Waals surface area (Å²) in [6.45, 7) is 8.04. The van der Waals surface area contributed by atoms with E-state index in [1.807, 2.05) is 6.07 Å². The molecule has 1 aliphatic rings. The Kier molecular flexibility index (Phi) is 5.56. The molecule has 0 spiro atoms. The van der Waals surface area contributed by atoms with Crippen LogP contribution in [0.15, 0.2) is 22.7 Å². The van der Waals surface area contributed by atoms with Gasteiger partial charge in [-0.05, 0) is 57.8 Å². The molecule has 1 aliphatic carbocycles.